The summed E-state index contributed by atoms with van der Waals surface area (Å²) in [5, 5.41) is 11.6. The Morgan fingerprint density at radius 3 is 2.41 bits per heavy atom. The first-order valence-corrected chi connectivity index (χ1v) is 15.2. The fourth-order valence-corrected chi connectivity index (χ4v) is 6.46. The molecule has 37 heavy (non-hydrogen) atoms. The van der Waals surface area contributed by atoms with Crippen molar-refractivity contribution in [3.05, 3.63) is 57.9 Å². The van der Waals surface area contributed by atoms with E-state index in [-0.39, 0.29) is 36.8 Å². The van der Waals surface area contributed by atoms with Crippen LogP contribution >= 0.6 is 0 Å². The number of piperazine rings is 1. The summed E-state index contributed by atoms with van der Waals surface area (Å²) >= 11 is 0. The summed E-state index contributed by atoms with van der Waals surface area (Å²) in [5.41, 5.74) is 1.44. The van der Waals surface area contributed by atoms with Gasteiger partial charge in [0, 0.05) is 70.3 Å². The second-order valence-corrected chi connectivity index (χ2v) is 12.5. The molecule has 1 aromatic heterocycles. The molecule has 1 fully saturated rings. The minimum Gasteiger partial charge on any atom is -0.368 e. The van der Waals surface area contributed by atoms with Crippen LogP contribution in [0.3, 0.4) is 0 Å². The largest absolute Gasteiger partial charge is 0.368 e. The van der Waals surface area contributed by atoms with Gasteiger partial charge in [0.2, 0.25) is 10.0 Å². The Morgan fingerprint density at radius 1 is 1.14 bits per heavy atom. The third-order valence-electron chi connectivity index (χ3n) is 6.01. The Bertz CT molecular complexity index is 1300. The summed E-state index contributed by atoms with van der Waals surface area (Å²) in [6.45, 7) is 5.96. The number of benzene rings is 1. The quantitative estimate of drug-likeness (QED) is 0.217. The Balaban J connectivity index is 1.91. The van der Waals surface area contributed by atoms with E-state index in [1.165, 1.54) is 10.4 Å². The van der Waals surface area contributed by atoms with E-state index in [0.717, 1.165) is 17.9 Å². The molecule has 0 radical (unpaired) electrons. The Labute approximate surface area is 218 Å². The predicted molar refractivity (Wildman–Crippen MR) is 139 cm³/mol. The highest BCUT2D eigenvalue weighted by molar-refractivity contribution is 7.89. The monoisotopic (exact) mass is 555 g/mol. The molecular weight excluding hydrogens is 522 g/mol. The number of aryl methyl sites for hydroxylation is 1. The molecule has 1 aliphatic heterocycles. The van der Waals surface area contributed by atoms with E-state index >= 15 is 0 Å². The molecule has 1 aromatic carbocycles. The zero-order valence-electron chi connectivity index (χ0n) is 21.2. The lowest BCUT2D eigenvalue weighted by Gasteiger charge is -2.35. The van der Waals surface area contributed by atoms with Crippen LogP contribution in [-0.2, 0) is 30.9 Å². The number of nitrogens with zero attached hydrogens (tertiary/aromatic N) is 5. The van der Waals surface area contributed by atoms with Gasteiger partial charge in [0.15, 0.2) is 0 Å². The number of nitro benzene ring substituents is 1. The Hall–Kier alpha value is -2.65. The average molecular weight is 556 g/mol. The SMILES string of the molecule is CCCN(CCOS(C)(=O)=O)c1c(C)cc([N+](=O)[O-])cc1S(=O)(=O)N1CCN(Cc2cccnc2)CC1. The van der Waals surface area contributed by atoms with Gasteiger partial charge < -0.3 is 4.90 Å². The van der Waals surface area contributed by atoms with Crippen LogP contribution in [0.15, 0.2) is 41.6 Å². The van der Waals surface area contributed by atoms with Gasteiger partial charge in [-0.1, -0.05) is 13.0 Å². The van der Waals surface area contributed by atoms with Gasteiger partial charge in [-0.25, -0.2) is 8.42 Å². The zero-order valence-corrected chi connectivity index (χ0v) is 22.9. The molecule has 0 aliphatic carbocycles. The zero-order chi connectivity index (χ0) is 27.2. The van der Waals surface area contributed by atoms with Gasteiger partial charge in [0.05, 0.1) is 23.5 Å². The molecule has 14 heteroatoms. The van der Waals surface area contributed by atoms with E-state index in [4.69, 9.17) is 4.18 Å². The molecule has 1 saturated heterocycles. The summed E-state index contributed by atoms with van der Waals surface area (Å²) in [4.78, 5) is 18.8. The maximum absolute atomic E-state index is 13.9. The smallest absolute Gasteiger partial charge is 0.271 e. The molecule has 0 saturated carbocycles. The minimum absolute atomic E-state index is 0.0982. The number of aromatic nitrogens is 1. The van der Waals surface area contributed by atoms with E-state index in [9.17, 15) is 26.9 Å². The second kappa shape index (κ2) is 12.3. The molecular formula is C23H33N5O7S2. The van der Waals surface area contributed by atoms with Crippen LogP contribution in [0.4, 0.5) is 11.4 Å². The second-order valence-electron chi connectivity index (χ2n) is 8.92. The fraction of sp³-hybridized carbons (Fsp3) is 0.522. The van der Waals surface area contributed by atoms with Crippen molar-refractivity contribution in [2.24, 2.45) is 0 Å². The predicted octanol–water partition coefficient (Wildman–Crippen LogP) is 2.00. The van der Waals surface area contributed by atoms with E-state index < -0.39 is 25.1 Å². The number of rotatable bonds is 12. The third-order valence-corrected chi connectivity index (χ3v) is 8.51. The summed E-state index contributed by atoms with van der Waals surface area (Å²) < 4.78 is 56.8. The fourth-order valence-electron chi connectivity index (χ4n) is 4.36. The first-order chi connectivity index (χ1) is 17.4. The molecule has 0 bridgehead atoms. The first kappa shape index (κ1) is 28.9. The van der Waals surface area contributed by atoms with Crippen molar-refractivity contribution in [1.82, 2.24) is 14.2 Å². The van der Waals surface area contributed by atoms with Crippen LogP contribution in [0, 0.1) is 17.0 Å². The van der Waals surface area contributed by atoms with Crippen molar-refractivity contribution >= 4 is 31.5 Å². The number of nitro groups is 1. The van der Waals surface area contributed by atoms with Crippen LogP contribution in [0.25, 0.3) is 0 Å². The number of non-ortho nitro benzene ring substituents is 1. The molecule has 0 spiro atoms. The molecule has 2 aromatic rings. The first-order valence-electron chi connectivity index (χ1n) is 11.9. The van der Waals surface area contributed by atoms with Crippen LogP contribution in [0.2, 0.25) is 0 Å². The number of sulfonamides is 1. The van der Waals surface area contributed by atoms with Crippen LogP contribution in [-0.4, -0.2) is 88.1 Å². The average Bonchev–Trinajstić information content (AvgIpc) is 2.83. The molecule has 0 atom stereocenters. The van der Waals surface area contributed by atoms with Crippen molar-refractivity contribution < 1.29 is 25.9 Å². The molecule has 2 heterocycles. The van der Waals surface area contributed by atoms with Crippen molar-refractivity contribution in [1.29, 1.82) is 0 Å². The van der Waals surface area contributed by atoms with Crippen molar-refractivity contribution in [3.63, 3.8) is 0 Å². The molecule has 204 valence electrons. The summed E-state index contributed by atoms with van der Waals surface area (Å²) in [7, 11) is -7.77. The van der Waals surface area contributed by atoms with Crippen LogP contribution in [0.1, 0.15) is 24.5 Å². The highest BCUT2D eigenvalue weighted by atomic mass is 32.2. The van der Waals surface area contributed by atoms with E-state index in [2.05, 4.69) is 9.88 Å². The molecule has 3 rings (SSSR count). The van der Waals surface area contributed by atoms with Gasteiger partial charge in [-0.2, -0.15) is 12.7 Å². The summed E-state index contributed by atoms with van der Waals surface area (Å²) in [6, 6.07) is 6.25. The molecule has 0 N–H and O–H groups in total. The topological polar surface area (TPSA) is 143 Å². The Morgan fingerprint density at radius 2 is 1.84 bits per heavy atom. The molecule has 0 unspecified atom stereocenters. The van der Waals surface area contributed by atoms with Gasteiger partial charge in [-0.15, -0.1) is 0 Å². The maximum Gasteiger partial charge on any atom is 0.271 e. The van der Waals surface area contributed by atoms with Gasteiger partial charge in [-0.05, 0) is 30.5 Å². The lowest BCUT2D eigenvalue weighted by atomic mass is 10.1. The molecule has 0 amide bonds. The molecule has 1 aliphatic rings. The maximum atomic E-state index is 13.9. The highest BCUT2D eigenvalue weighted by Crippen LogP contribution is 2.35. The highest BCUT2D eigenvalue weighted by Gasteiger charge is 2.34. The standard InChI is InChI=1S/C23H33N5O7S2/c1-4-8-26(13-14-35-36(3,31)32)23-19(2)15-21(28(29)30)16-22(23)37(33,34)27-11-9-25(10-12-27)18-20-6-5-7-24-17-20/h5-7,15-17H,4,8-14,18H2,1-3H3. The summed E-state index contributed by atoms with van der Waals surface area (Å²) in [6.07, 6.45) is 5.05. The van der Waals surface area contributed by atoms with E-state index in [0.29, 0.717) is 43.9 Å². The lowest BCUT2D eigenvalue weighted by Crippen LogP contribution is -2.48. The van der Waals surface area contributed by atoms with Crippen molar-refractivity contribution in [2.45, 2.75) is 31.7 Å². The minimum atomic E-state index is -4.10. The Kier molecular flexibility index (Phi) is 9.58. The van der Waals surface area contributed by atoms with E-state index in [1.54, 1.807) is 24.2 Å². The van der Waals surface area contributed by atoms with Crippen molar-refractivity contribution in [3.8, 4) is 0 Å². The van der Waals surface area contributed by atoms with Crippen LogP contribution in [0.5, 0.6) is 0 Å². The summed E-state index contributed by atoms with van der Waals surface area (Å²) in [5.74, 6) is 0. The number of hydrogen-bond donors (Lipinski definition) is 0. The van der Waals surface area contributed by atoms with Crippen LogP contribution < -0.4 is 4.90 Å². The lowest BCUT2D eigenvalue weighted by molar-refractivity contribution is -0.385. The van der Waals surface area contributed by atoms with Crippen molar-refractivity contribution in [2.75, 3.05) is 57.0 Å². The number of hydrogen-bond acceptors (Lipinski definition) is 10. The van der Waals surface area contributed by atoms with Gasteiger partial charge >= 0.3 is 0 Å². The third kappa shape index (κ3) is 7.68. The normalized spacial score (nSPS) is 15.5. The van der Waals surface area contributed by atoms with E-state index in [1.807, 2.05) is 19.1 Å². The van der Waals surface area contributed by atoms with Gasteiger partial charge in [-0.3, -0.25) is 24.2 Å². The molecule has 12 nitrogen and oxygen atoms in total. The van der Waals surface area contributed by atoms with Gasteiger partial charge in [0.1, 0.15) is 4.90 Å². The number of anilines is 1. The van der Waals surface area contributed by atoms with Gasteiger partial charge in [0.25, 0.3) is 15.8 Å². The number of pyridine rings is 1.